The molecule has 4 heteroatoms. The largest absolute Gasteiger partial charge is 0.490 e. The zero-order chi connectivity index (χ0) is 18.2. The number of hydrogen-bond donors (Lipinski definition) is 1. The fraction of sp³-hybridized carbons (Fsp3) is 0.619. The number of carbonyl (C=O) groups excluding carboxylic acids is 1. The van der Waals surface area contributed by atoms with E-state index in [0.717, 1.165) is 42.6 Å². The summed E-state index contributed by atoms with van der Waals surface area (Å²) in [4.78, 5) is 22.9. The Hall–Kier alpha value is -1.84. The average molecular weight is 346 g/mol. The summed E-state index contributed by atoms with van der Waals surface area (Å²) in [7, 11) is 0. The minimum atomic E-state index is -0.800. The molecule has 1 unspecified atom stereocenters. The Morgan fingerprint density at radius 1 is 1.20 bits per heavy atom. The smallest absolute Gasteiger partial charge is 0.303 e. The highest BCUT2D eigenvalue weighted by atomic mass is 16.5. The Kier molecular flexibility index (Phi) is 7.48. The van der Waals surface area contributed by atoms with Crippen LogP contribution in [-0.4, -0.2) is 23.0 Å². The second kappa shape index (κ2) is 9.59. The number of aliphatic carboxylic acids is 1. The van der Waals surface area contributed by atoms with Crippen LogP contribution >= 0.6 is 0 Å². The van der Waals surface area contributed by atoms with Crippen molar-refractivity contribution >= 4 is 11.8 Å². The molecule has 0 radical (unpaired) electrons. The van der Waals surface area contributed by atoms with Crippen LogP contribution in [0.15, 0.2) is 12.1 Å². The molecule has 1 N–H and O–H groups in total. The van der Waals surface area contributed by atoms with Gasteiger partial charge in [-0.2, -0.15) is 0 Å². The van der Waals surface area contributed by atoms with E-state index >= 15 is 0 Å². The van der Waals surface area contributed by atoms with Crippen LogP contribution in [-0.2, 0) is 17.6 Å². The van der Waals surface area contributed by atoms with Crippen molar-refractivity contribution in [2.75, 3.05) is 0 Å². The average Bonchev–Trinajstić information content (AvgIpc) is 2.95. The third kappa shape index (κ3) is 5.58. The maximum atomic E-state index is 12.1. The van der Waals surface area contributed by atoms with Crippen molar-refractivity contribution in [1.82, 2.24) is 0 Å². The van der Waals surface area contributed by atoms with E-state index in [1.807, 2.05) is 13.0 Å². The third-order valence-electron chi connectivity index (χ3n) is 4.94. The van der Waals surface area contributed by atoms with Crippen molar-refractivity contribution in [3.63, 3.8) is 0 Å². The van der Waals surface area contributed by atoms with Crippen molar-refractivity contribution in [1.29, 1.82) is 0 Å². The fourth-order valence-corrected chi connectivity index (χ4v) is 3.38. The Morgan fingerprint density at radius 2 is 2.00 bits per heavy atom. The summed E-state index contributed by atoms with van der Waals surface area (Å²) in [5, 5.41) is 8.91. The molecule has 1 aliphatic rings. The number of carboxylic acids is 1. The maximum absolute atomic E-state index is 12.1. The van der Waals surface area contributed by atoms with Crippen LogP contribution in [0.5, 0.6) is 5.75 Å². The first kappa shape index (κ1) is 19.5. The van der Waals surface area contributed by atoms with Crippen LogP contribution in [0, 0.1) is 0 Å². The van der Waals surface area contributed by atoms with Gasteiger partial charge in [0.25, 0.3) is 0 Å². The van der Waals surface area contributed by atoms with Crippen LogP contribution in [0.25, 0.3) is 0 Å². The van der Waals surface area contributed by atoms with Crippen LogP contribution in [0.2, 0.25) is 0 Å². The van der Waals surface area contributed by atoms with E-state index in [1.165, 1.54) is 24.8 Å². The lowest BCUT2D eigenvalue weighted by Gasteiger charge is -2.20. The molecule has 0 fully saturated rings. The topological polar surface area (TPSA) is 63.6 Å². The zero-order valence-electron chi connectivity index (χ0n) is 15.5. The van der Waals surface area contributed by atoms with Crippen molar-refractivity contribution in [2.24, 2.45) is 0 Å². The molecule has 0 heterocycles. The number of unbranched alkanes of at least 4 members (excludes halogenated alkanes) is 3. The summed E-state index contributed by atoms with van der Waals surface area (Å²) < 4.78 is 6.16. The summed E-state index contributed by atoms with van der Waals surface area (Å²) >= 11 is 0. The molecule has 0 saturated heterocycles. The normalized spacial score (nSPS) is 14.4. The molecule has 25 heavy (non-hydrogen) atoms. The first-order valence-corrected chi connectivity index (χ1v) is 9.62. The zero-order valence-corrected chi connectivity index (χ0v) is 15.5. The standard InChI is InChI=1S/C21H30O4/c1-3-5-6-7-8-16-13-15-9-11-19(22)18(15)14-20(16)25-17(4-2)10-12-21(23)24/h13-14,17H,3-12H2,1-2H3,(H,23,24). The summed E-state index contributed by atoms with van der Waals surface area (Å²) in [6, 6.07) is 4.05. The van der Waals surface area contributed by atoms with E-state index in [4.69, 9.17) is 9.84 Å². The molecule has 0 amide bonds. The number of ether oxygens (including phenoxy) is 1. The summed E-state index contributed by atoms with van der Waals surface area (Å²) in [5.74, 6) is 0.171. The van der Waals surface area contributed by atoms with Gasteiger partial charge in [-0.3, -0.25) is 9.59 Å². The predicted octanol–water partition coefficient (Wildman–Crippen LogP) is 4.96. The van der Waals surface area contributed by atoms with E-state index in [2.05, 4.69) is 13.0 Å². The fourth-order valence-electron chi connectivity index (χ4n) is 3.38. The van der Waals surface area contributed by atoms with E-state index in [0.29, 0.717) is 12.8 Å². The highest BCUT2D eigenvalue weighted by Crippen LogP contribution is 2.32. The second-order valence-corrected chi connectivity index (χ2v) is 6.93. The molecule has 1 aromatic rings. The van der Waals surface area contributed by atoms with Crippen molar-refractivity contribution in [3.8, 4) is 5.75 Å². The Balaban J connectivity index is 2.15. The van der Waals surface area contributed by atoms with Gasteiger partial charge in [-0.25, -0.2) is 0 Å². The van der Waals surface area contributed by atoms with Crippen LogP contribution in [0.1, 0.15) is 86.7 Å². The van der Waals surface area contributed by atoms with Crippen LogP contribution in [0.3, 0.4) is 0 Å². The molecule has 1 atom stereocenters. The Labute approximate surface area is 150 Å². The molecular weight excluding hydrogens is 316 g/mol. The van der Waals surface area contributed by atoms with Gasteiger partial charge >= 0.3 is 5.97 Å². The SMILES string of the molecule is CCCCCCc1cc2c(cc1OC(CC)CCC(=O)O)C(=O)CC2. The molecule has 0 spiro atoms. The van der Waals surface area contributed by atoms with E-state index in [9.17, 15) is 9.59 Å². The number of benzene rings is 1. The number of hydrogen-bond acceptors (Lipinski definition) is 3. The number of Topliss-reactive ketones (excluding diaryl/α,β-unsaturated/α-hetero) is 1. The van der Waals surface area contributed by atoms with Gasteiger partial charge in [0.05, 0.1) is 6.10 Å². The van der Waals surface area contributed by atoms with Gasteiger partial charge in [-0.05, 0) is 49.3 Å². The molecule has 0 aromatic heterocycles. The van der Waals surface area contributed by atoms with Crippen molar-refractivity contribution < 1.29 is 19.4 Å². The van der Waals surface area contributed by atoms with E-state index < -0.39 is 5.97 Å². The highest BCUT2D eigenvalue weighted by molar-refractivity contribution is 6.00. The first-order valence-electron chi connectivity index (χ1n) is 9.62. The van der Waals surface area contributed by atoms with E-state index in [-0.39, 0.29) is 18.3 Å². The molecule has 2 rings (SSSR count). The molecule has 4 nitrogen and oxygen atoms in total. The van der Waals surface area contributed by atoms with Crippen LogP contribution in [0.4, 0.5) is 0 Å². The minimum Gasteiger partial charge on any atom is -0.490 e. The molecule has 138 valence electrons. The van der Waals surface area contributed by atoms with Crippen molar-refractivity contribution in [3.05, 3.63) is 28.8 Å². The maximum Gasteiger partial charge on any atom is 0.303 e. The van der Waals surface area contributed by atoms with Gasteiger partial charge < -0.3 is 9.84 Å². The van der Waals surface area contributed by atoms with Gasteiger partial charge in [-0.1, -0.05) is 39.2 Å². The lowest BCUT2D eigenvalue weighted by atomic mass is 9.99. The molecular formula is C21H30O4. The summed E-state index contributed by atoms with van der Waals surface area (Å²) in [5.41, 5.74) is 3.10. The Morgan fingerprint density at radius 3 is 2.68 bits per heavy atom. The Bertz CT molecular complexity index is 606. The number of aryl methyl sites for hydroxylation is 2. The van der Waals surface area contributed by atoms with Gasteiger partial charge in [0.15, 0.2) is 5.78 Å². The van der Waals surface area contributed by atoms with E-state index in [1.54, 1.807) is 0 Å². The second-order valence-electron chi connectivity index (χ2n) is 6.93. The monoisotopic (exact) mass is 346 g/mol. The number of fused-ring (bicyclic) bond motifs is 1. The number of carboxylic acid groups (broad SMARTS) is 1. The molecule has 0 bridgehead atoms. The molecule has 0 aliphatic heterocycles. The summed E-state index contributed by atoms with van der Waals surface area (Å²) in [6.07, 6.45) is 8.34. The van der Waals surface area contributed by atoms with Gasteiger partial charge in [-0.15, -0.1) is 0 Å². The number of carbonyl (C=O) groups is 2. The van der Waals surface area contributed by atoms with Crippen molar-refractivity contribution in [2.45, 2.75) is 84.2 Å². The van der Waals surface area contributed by atoms with Gasteiger partial charge in [0.1, 0.15) is 5.75 Å². The first-order chi connectivity index (χ1) is 12.0. The molecule has 1 aromatic carbocycles. The highest BCUT2D eigenvalue weighted by Gasteiger charge is 2.23. The number of rotatable bonds is 11. The van der Waals surface area contributed by atoms with Gasteiger partial charge in [0, 0.05) is 18.4 Å². The lowest BCUT2D eigenvalue weighted by Crippen LogP contribution is -2.18. The lowest BCUT2D eigenvalue weighted by molar-refractivity contribution is -0.137. The number of ketones is 1. The minimum absolute atomic E-state index is 0.105. The quantitative estimate of drug-likeness (QED) is 0.575. The molecule has 1 aliphatic carbocycles. The van der Waals surface area contributed by atoms with Crippen LogP contribution < -0.4 is 4.74 Å². The third-order valence-corrected chi connectivity index (χ3v) is 4.94. The van der Waals surface area contributed by atoms with Gasteiger partial charge in [0.2, 0.25) is 0 Å². The predicted molar refractivity (Wildman–Crippen MR) is 98.5 cm³/mol. The summed E-state index contributed by atoms with van der Waals surface area (Å²) in [6.45, 7) is 4.20. The molecule has 0 saturated carbocycles.